The minimum absolute atomic E-state index is 0.230. The fourth-order valence-electron chi connectivity index (χ4n) is 1.55. The SMILES string of the molecule is CNC(C)(CCCCSCCS(C)(=O)=O)C(=O)OC. The van der Waals surface area contributed by atoms with Crippen LogP contribution < -0.4 is 5.32 Å². The Bertz CT molecular complexity index is 370. The number of hydrogen-bond donors (Lipinski definition) is 1. The second kappa shape index (κ2) is 8.81. The number of nitrogens with one attached hydrogen (secondary N) is 1. The van der Waals surface area contributed by atoms with Gasteiger partial charge in [-0.1, -0.05) is 6.42 Å². The Morgan fingerprint density at radius 1 is 1.32 bits per heavy atom. The van der Waals surface area contributed by atoms with Gasteiger partial charge in [0, 0.05) is 12.0 Å². The van der Waals surface area contributed by atoms with Crippen LogP contribution in [0.3, 0.4) is 0 Å². The van der Waals surface area contributed by atoms with E-state index in [1.807, 2.05) is 6.92 Å². The maximum atomic E-state index is 11.6. The molecule has 1 unspecified atom stereocenters. The van der Waals surface area contributed by atoms with Gasteiger partial charge in [-0.2, -0.15) is 11.8 Å². The van der Waals surface area contributed by atoms with E-state index in [1.54, 1.807) is 18.8 Å². The monoisotopic (exact) mass is 311 g/mol. The minimum atomic E-state index is -2.85. The van der Waals surface area contributed by atoms with E-state index in [-0.39, 0.29) is 11.7 Å². The van der Waals surface area contributed by atoms with Crippen molar-refractivity contribution in [2.75, 3.05) is 37.7 Å². The highest BCUT2D eigenvalue weighted by Crippen LogP contribution is 2.16. The molecular weight excluding hydrogens is 286 g/mol. The lowest BCUT2D eigenvalue weighted by Crippen LogP contribution is -2.48. The van der Waals surface area contributed by atoms with E-state index in [1.165, 1.54) is 13.4 Å². The second-order valence-corrected chi connectivity index (χ2v) is 8.26. The van der Waals surface area contributed by atoms with Gasteiger partial charge in [-0.3, -0.25) is 4.79 Å². The quantitative estimate of drug-likeness (QED) is 0.481. The third-order valence-corrected chi connectivity index (χ3v) is 5.28. The Morgan fingerprint density at radius 3 is 2.42 bits per heavy atom. The summed E-state index contributed by atoms with van der Waals surface area (Å²) >= 11 is 1.64. The summed E-state index contributed by atoms with van der Waals surface area (Å²) in [6.07, 6.45) is 3.83. The number of thioether (sulfide) groups is 1. The third kappa shape index (κ3) is 8.49. The highest BCUT2D eigenvalue weighted by molar-refractivity contribution is 8.00. The van der Waals surface area contributed by atoms with Gasteiger partial charge in [0.1, 0.15) is 15.4 Å². The third-order valence-electron chi connectivity index (χ3n) is 3.00. The molecule has 114 valence electrons. The molecule has 0 bridgehead atoms. The fourth-order valence-corrected chi connectivity index (χ4v) is 3.84. The molecular formula is C12H25NO4S2. The molecule has 0 saturated carbocycles. The van der Waals surface area contributed by atoms with Gasteiger partial charge in [0.05, 0.1) is 12.9 Å². The maximum absolute atomic E-state index is 11.6. The van der Waals surface area contributed by atoms with Crippen LogP contribution in [0, 0.1) is 0 Å². The summed E-state index contributed by atoms with van der Waals surface area (Å²) in [5, 5.41) is 2.99. The molecule has 0 aromatic carbocycles. The number of carbonyl (C=O) groups is 1. The first-order chi connectivity index (χ1) is 8.75. The molecule has 1 N–H and O–H groups in total. The Morgan fingerprint density at radius 2 is 1.95 bits per heavy atom. The van der Waals surface area contributed by atoms with Gasteiger partial charge >= 0.3 is 5.97 Å². The van der Waals surface area contributed by atoms with Crippen molar-refractivity contribution in [2.45, 2.75) is 31.7 Å². The van der Waals surface area contributed by atoms with Crippen molar-refractivity contribution >= 4 is 27.6 Å². The van der Waals surface area contributed by atoms with Gasteiger partial charge in [-0.05, 0) is 32.6 Å². The van der Waals surface area contributed by atoms with Crippen molar-refractivity contribution in [3.8, 4) is 0 Å². The first-order valence-corrected chi connectivity index (χ1v) is 9.49. The number of likely N-dealkylation sites (N-methyl/N-ethyl adjacent to an activating group) is 1. The lowest BCUT2D eigenvalue weighted by Gasteiger charge is -2.25. The Labute approximate surface area is 120 Å². The molecule has 0 aliphatic carbocycles. The first kappa shape index (κ1) is 18.7. The van der Waals surface area contributed by atoms with E-state index in [2.05, 4.69) is 5.32 Å². The molecule has 0 aromatic heterocycles. The molecule has 7 heteroatoms. The largest absolute Gasteiger partial charge is 0.468 e. The molecule has 0 fully saturated rings. The predicted octanol–water partition coefficient (Wildman–Crippen LogP) is 1.09. The smallest absolute Gasteiger partial charge is 0.325 e. The van der Waals surface area contributed by atoms with Crippen molar-refractivity contribution in [2.24, 2.45) is 0 Å². The van der Waals surface area contributed by atoms with Crippen LogP contribution in [-0.4, -0.2) is 57.6 Å². The summed E-state index contributed by atoms with van der Waals surface area (Å²) in [6.45, 7) is 1.83. The van der Waals surface area contributed by atoms with E-state index in [4.69, 9.17) is 4.74 Å². The summed E-state index contributed by atoms with van der Waals surface area (Å²) in [6, 6.07) is 0. The topological polar surface area (TPSA) is 72.5 Å². The first-order valence-electron chi connectivity index (χ1n) is 6.28. The number of methoxy groups -OCH3 is 1. The van der Waals surface area contributed by atoms with Gasteiger partial charge in [0.25, 0.3) is 0 Å². The summed E-state index contributed by atoms with van der Waals surface area (Å²) in [5.41, 5.74) is -0.633. The summed E-state index contributed by atoms with van der Waals surface area (Å²) in [7, 11) is 0.285. The number of unbranched alkanes of at least 4 members (excludes halogenated alkanes) is 1. The van der Waals surface area contributed by atoms with Gasteiger partial charge in [-0.15, -0.1) is 0 Å². The van der Waals surface area contributed by atoms with Crippen molar-refractivity contribution in [1.29, 1.82) is 0 Å². The average molecular weight is 311 g/mol. The molecule has 0 aliphatic heterocycles. The maximum Gasteiger partial charge on any atom is 0.325 e. The van der Waals surface area contributed by atoms with Crippen molar-refractivity contribution in [1.82, 2.24) is 5.32 Å². The molecule has 0 saturated heterocycles. The van der Waals surface area contributed by atoms with Crippen LogP contribution in [0.25, 0.3) is 0 Å². The van der Waals surface area contributed by atoms with Crippen LogP contribution in [0.2, 0.25) is 0 Å². The molecule has 0 aliphatic rings. The Balaban J connectivity index is 3.76. The van der Waals surface area contributed by atoms with Gasteiger partial charge < -0.3 is 10.1 Å². The van der Waals surface area contributed by atoms with E-state index < -0.39 is 15.4 Å². The number of sulfone groups is 1. The number of hydrogen-bond acceptors (Lipinski definition) is 6. The number of ether oxygens (including phenoxy) is 1. The normalized spacial score (nSPS) is 14.9. The summed E-state index contributed by atoms with van der Waals surface area (Å²) < 4.78 is 26.6. The molecule has 5 nitrogen and oxygen atoms in total. The minimum Gasteiger partial charge on any atom is -0.468 e. The Hall–Kier alpha value is -0.270. The fraction of sp³-hybridized carbons (Fsp3) is 0.917. The second-order valence-electron chi connectivity index (χ2n) is 4.77. The molecule has 0 rings (SSSR count). The standard InChI is InChI=1S/C12H25NO4S2/c1-12(13-2,11(14)17-3)7-5-6-8-18-9-10-19(4,15)16/h13H,5-10H2,1-4H3. The number of rotatable bonds is 10. The molecule has 0 spiro atoms. The summed E-state index contributed by atoms with van der Waals surface area (Å²) in [5.74, 6) is 1.53. The van der Waals surface area contributed by atoms with E-state index in [0.29, 0.717) is 12.2 Å². The van der Waals surface area contributed by atoms with Crippen LogP contribution in [0.15, 0.2) is 0 Å². The molecule has 19 heavy (non-hydrogen) atoms. The number of esters is 1. The van der Waals surface area contributed by atoms with Crippen LogP contribution in [0.4, 0.5) is 0 Å². The van der Waals surface area contributed by atoms with Gasteiger partial charge in [0.15, 0.2) is 0 Å². The van der Waals surface area contributed by atoms with Crippen LogP contribution >= 0.6 is 11.8 Å². The van der Waals surface area contributed by atoms with Crippen molar-refractivity contribution < 1.29 is 17.9 Å². The summed E-state index contributed by atoms with van der Waals surface area (Å²) in [4.78, 5) is 11.6. The zero-order valence-electron chi connectivity index (χ0n) is 12.2. The molecule has 0 heterocycles. The van der Waals surface area contributed by atoms with Crippen LogP contribution in [0.1, 0.15) is 26.2 Å². The molecule has 0 amide bonds. The zero-order chi connectivity index (χ0) is 14.9. The lowest BCUT2D eigenvalue weighted by atomic mass is 9.95. The highest BCUT2D eigenvalue weighted by Gasteiger charge is 2.31. The van der Waals surface area contributed by atoms with Gasteiger partial charge in [-0.25, -0.2) is 8.42 Å². The molecule has 0 aromatic rings. The zero-order valence-corrected chi connectivity index (χ0v) is 13.8. The van der Waals surface area contributed by atoms with Crippen molar-refractivity contribution in [3.05, 3.63) is 0 Å². The highest BCUT2D eigenvalue weighted by atomic mass is 32.2. The average Bonchev–Trinajstić information content (AvgIpc) is 2.34. The Kier molecular flexibility index (Phi) is 8.69. The van der Waals surface area contributed by atoms with Crippen molar-refractivity contribution in [3.63, 3.8) is 0 Å². The molecule has 0 radical (unpaired) electrons. The lowest BCUT2D eigenvalue weighted by molar-refractivity contribution is -0.148. The number of carbonyl (C=O) groups excluding carboxylic acids is 1. The van der Waals surface area contributed by atoms with Gasteiger partial charge in [0.2, 0.25) is 0 Å². The van der Waals surface area contributed by atoms with E-state index in [9.17, 15) is 13.2 Å². The van der Waals surface area contributed by atoms with E-state index in [0.717, 1.165) is 18.6 Å². The van der Waals surface area contributed by atoms with Crippen LogP contribution in [-0.2, 0) is 19.4 Å². The van der Waals surface area contributed by atoms with E-state index >= 15 is 0 Å². The predicted molar refractivity (Wildman–Crippen MR) is 80.4 cm³/mol. The molecule has 1 atom stereocenters. The van der Waals surface area contributed by atoms with Crippen LogP contribution in [0.5, 0.6) is 0 Å².